The van der Waals surface area contributed by atoms with Gasteiger partial charge >= 0.3 is 0 Å². The van der Waals surface area contributed by atoms with E-state index in [1.54, 1.807) is 4.68 Å². The molecule has 1 saturated heterocycles. The molecule has 0 bridgehead atoms. The molecule has 1 aromatic heterocycles. The lowest BCUT2D eigenvalue weighted by Crippen LogP contribution is -2.35. The lowest BCUT2D eigenvalue weighted by Gasteiger charge is -2.26. The van der Waals surface area contributed by atoms with Crippen molar-refractivity contribution in [2.24, 2.45) is 23.3 Å². The maximum Gasteiger partial charge on any atom is 0.160 e. The second-order valence-corrected chi connectivity index (χ2v) is 7.59. The summed E-state index contributed by atoms with van der Waals surface area (Å²) in [5.74, 6) is 0.894. The average Bonchev–Trinajstić information content (AvgIpc) is 3.08. The number of nitrogens with two attached hydrogens (primary N) is 2. The van der Waals surface area contributed by atoms with E-state index in [4.69, 9.17) is 11.5 Å². The Morgan fingerprint density at radius 2 is 2.08 bits per heavy atom. The molecule has 2 heterocycles. The van der Waals surface area contributed by atoms with E-state index < -0.39 is 0 Å². The van der Waals surface area contributed by atoms with Crippen LogP contribution in [0.3, 0.4) is 0 Å². The van der Waals surface area contributed by atoms with Crippen LogP contribution in [0.4, 0.5) is 0 Å². The Labute approximate surface area is 150 Å². The minimum absolute atomic E-state index is 0.112. The summed E-state index contributed by atoms with van der Waals surface area (Å²) in [6, 6.07) is -0.380. The van der Waals surface area contributed by atoms with E-state index in [0.717, 1.165) is 57.3 Å². The molecule has 25 heavy (non-hydrogen) atoms. The average molecular weight is 351 g/mol. The number of piperidine rings is 1. The number of aromatic nitrogens is 3. The maximum absolute atomic E-state index is 13.1. The van der Waals surface area contributed by atoms with Crippen molar-refractivity contribution in [2.75, 3.05) is 19.6 Å². The van der Waals surface area contributed by atoms with E-state index in [1.807, 2.05) is 6.20 Å². The van der Waals surface area contributed by atoms with Crippen molar-refractivity contribution in [1.82, 2.24) is 20.3 Å². The molecule has 7 heteroatoms. The number of ketones is 1. The first-order valence-corrected chi connectivity index (χ1v) is 9.64. The van der Waals surface area contributed by atoms with Crippen molar-refractivity contribution >= 4 is 5.78 Å². The Morgan fingerprint density at radius 1 is 1.36 bits per heavy atom. The van der Waals surface area contributed by atoms with Crippen molar-refractivity contribution in [3.05, 3.63) is 11.9 Å². The third-order valence-corrected chi connectivity index (χ3v) is 4.95. The van der Waals surface area contributed by atoms with Gasteiger partial charge in [-0.2, -0.15) is 0 Å². The van der Waals surface area contributed by atoms with Crippen LogP contribution in [0.15, 0.2) is 6.20 Å². The highest BCUT2D eigenvalue weighted by Gasteiger charge is 2.30. The first-order chi connectivity index (χ1) is 12.0. The van der Waals surface area contributed by atoms with Gasteiger partial charge in [0, 0.05) is 5.92 Å². The Hall–Kier alpha value is -1.31. The topological polar surface area (TPSA) is 112 Å². The fourth-order valence-electron chi connectivity index (χ4n) is 3.51. The summed E-state index contributed by atoms with van der Waals surface area (Å²) in [6.45, 7) is 6.75. The van der Waals surface area contributed by atoms with Gasteiger partial charge in [0.25, 0.3) is 0 Å². The highest BCUT2D eigenvalue weighted by atomic mass is 16.1. The van der Waals surface area contributed by atoms with Crippen LogP contribution in [0.2, 0.25) is 0 Å². The standard InChI is InChI=1S/C18H34N6O/c1-13(2)11-15(20)16-12-24(23-22-16)17(5-3-4-8-19)18(25)14-6-9-21-10-7-14/h12-15,17,21H,3-11,19-20H2,1-2H3/t15-,17-/m0/s1. The number of rotatable bonds is 10. The minimum atomic E-state index is -0.248. The quantitative estimate of drug-likeness (QED) is 0.552. The van der Waals surface area contributed by atoms with Crippen LogP contribution in [0.25, 0.3) is 0 Å². The number of nitrogens with zero attached hydrogens (tertiary/aromatic N) is 3. The van der Waals surface area contributed by atoms with Crippen molar-refractivity contribution in [2.45, 2.75) is 64.5 Å². The Morgan fingerprint density at radius 3 is 2.72 bits per heavy atom. The SMILES string of the molecule is CC(C)C[C@H](N)c1cn([C@@H](CCCCN)C(=O)C2CCNCC2)nn1. The van der Waals surface area contributed by atoms with Crippen LogP contribution in [-0.2, 0) is 4.79 Å². The van der Waals surface area contributed by atoms with E-state index in [1.165, 1.54) is 0 Å². The zero-order valence-corrected chi connectivity index (χ0v) is 15.7. The van der Waals surface area contributed by atoms with Crippen LogP contribution in [0.1, 0.15) is 70.2 Å². The molecule has 0 unspecified atom stereocenters. The van der Waals surface area contributed by atoms with Crippen molar-refractivity contribution < 1.29 is 4.79 Å². The van der Waals surface area contributed by atoms with Gasteiger partial charge in [-0.3, -0.25) is 4.79 Å². The number of hydrogen-bond acceptors (Lipinski definition) is 6. The Balaban J connectivity index is 2.11. The lowest BCUT2D eigenvalue weighted by molar-refractivity contribution is -0.127. The van der Waals surface area contributed by atoms with E-state index in [9.17, 15) is 4.79 Å². The number of unbranched alkanes of at least 4 members (excludes halogenated alkanes) is 1. The van der Waals surface area contributed by atoms with Gasteiger partial charge in [0.1, 0.15) is 6.04 Å². The van der Waals surface area contributed by atoms with Crippen molar-refractivity contribution in [3.8, 4) is 0 Å². The Bertz CT molecular complexity index is 523. The number of carbonyl (C=O) groups is 1. The summed E-state index contributed by atoms with van der Waals surface area (Å²) in [5.41, 5.74) is 12.6. The molecule has 0 saturated carbocycles. The molecule has 2 rings (SSSR count). The number of hydrogen-bond donors (Lipinski definition) is 3. The Kier molecular flexibility index (Phi) is 7.99. The first-order valence-electron chi connectivity index (χ1n) is 9.64. The molecule has 5 N–H and O–H groups in total. The largest absolute Gasteiger partial charge is 0.330 e. The predicted molar refractivity (Wildman–Crippen MR) is 98.9 cm³/mol. The van der Waals surface area contributed by atoms with E-state index in [-0.39, 0.29) is 23.8 Å². The zero-order valence-electron chi connectivity index (χ0n) is 15.7. The molecule has 1 aliphatic heterocycles. The molecule has 1 fully saturated rings. The molecule has 0 amide bonds. The summed E-state index contributed by atoms with van der Waals surface area (Å²) in [4.78, 5) is 13.1. The molecule has 0 spiro atoms. The summed E-state index contributed by atoms with van der Waals surface area (Å²) in [7, 11) is 0. The van der Waals surface area contributed by atoms with Gasteiger partial charge in [-0.25, -0.2) is 4.68 Å². The summed E-state index contributed by atoms with van der Waals surface area (Å²) in [6.07, 6.45) is 7.15. The van der Waals surface area contributed by atoms with E-state index in [0.29, 0.717) is 12.5 Å². The van der Waals surface area contributed by atoms with E-state index >= 15 is 0 Å². The van der Waals surface area contributed by atoms with Gasteiger partial charge in [0.05, 0.1) is 17.9 Å². The highest BCUT2D eigenvalue weighted by molar-refractivity contribution is 5.85. The van der Waals surface area contributed by atoms with Gasteiger partial charge in [0.15, 0.2) is 5.78 Å². The minimum Gasteiger partial charge on any atom is -0.330 e. The maximum atomic E-state index is 13.1. The van der Waals surface area contributed by atoms with Crippen molar-refractivity contribution in [3.63, 3.8) is 0 Å². The molecule has 0 radical (unpaired) electrons. The van der Waals surface area contributed by atoms with Gasteiger partial charge in [0.2, 0.25) is 0 Å². The van der Waals surface area contributed by atoms with E-state index in [2.05, 4.69) is 29.5 Å². The fraction of sp³-hybridized carbons (Fsp3) is 0.833. The molecular weight excluding hydrogens is 316 g/mol. The molecule has 1 aromatic rings. The van der Waals surface area contributed by atoms with Crippen LogP contribution < -0.4 is 16.8 Å². The summed E-state index contributed by atoms with van der Waals surface area (Å²) >= 11 is 0. The molecule has 2 atom stereocenters. The van der Waals surface area contributed by atoms with Crippen LogP contribution in [0, 0.1) is 11.8 Å². The zero-order chi connectivity index (χ0) is 18.2. The highest BCUT2D eigenvalue weighted by Crippen LogP contribution is 2.26. The fourth-order valence-corrected chi connectivity index (χ4v) is 3.51. The summed E-state index contributed by atoms with van der Waals surface area (Å²) in [5, 5.41) is 11.8. The number of Topliss-reactive ketones (excluding diaryl/α,β-unsaturated/α-hetero) is 1. The molecule has 0 aromatic carbocycles. The second kappa shape index (κ2) is 9.99. The number of carbonyl (C=O) groups excluding carboxylic acids is 1. The van der Waals surface area contributed by atoms with Gasteiger partial charge < -0.3 is 16.8 Å². The normalized spacial score (nSPS) is 18.4. The molecular formula is C18H34N6O. The van der Waals surface area contributed by atoms with Crippen LogP contribution >= 0.6 is 0 Å². The third-order valence-electron chi connectivity index (χ3n) is 4.95. The smallest absolute Gasteiger partial charge is 0.160 e. The third kappa shape index (κ3) is 5.87. The predicted octanol–water partition coefficient (Wildman–Crippen LogP) is 1.56. The van der Waals surface area contributed by atoms with Crippen molar-refractivity contribution in [1.29, 1.82) is 0 Å². The first kappa shape index (κ1) is 20.0. The second-order valence-electron chi connectivity index (χ2n) is 7.59. The lowest BCUT2D eigenvalue weighted by atomic mass is 9.88. The van der Waals surface area contributed by atoms with Crippen LogP contribution in [-0.4, -0.2) is 40.4 Å². The van der Waals surface area contributed by atoms with Gasteiger partial charge in [-0.15, -0.1) is 5.10 Å². The number of nitrogens with one attached hydrogen (secondary N) is 1. The monoisotopic (exact) mass is 350 g/mol. The molecule has 7 nitrogen and oxygen atoms in total. The van der Waals surface area contributed by atoms with Crippen LogP contribution in [0.5, 0.6) is 0 Å². The molecule has 1 aliphatic rings. The van der Waals surface area contributed by atoms with Gasteiger partial charge in [-0.05, 0) is 64.1 Å². The molecule has 0 aliphatic carbocycles. The molecule has 142 valence electrons. The summed E-state index contributed by atoms with van der Waals surface area (Å²) < 4.78 is 1.75. The van der Waals surface area contributed by atoms with Gasteiger partial charge in [-0.1, -0.05) is 19.1 Å².